The second kappa shape index (κ2) is 6.99. The molecular formula is C13H16O3. The monoisotopic (exact) mass is 220 g/mol. The van der Waals surface area contributed by atoms with Crippen molar-refractivity contribution in [1.82, 2.24) is 0 Å². The van der Waals surface area contributed by atoms with E-state index in [1.807, 2.05) is 30.3 Å². The molecule has 0 amide bonds. The van der Waals surface area contributed by atoms with Gasteiger partial charge in [-0.05, 0) is 5.56 Å². The van der Waals surface area contributed by atoms with E-state index in [0.29, 0.717) is 12.2 Å². The van der Waals surface area contributed by atoms with E-state index in [9.17, 15) is 5.11 Å². The summed E-state index contributed by atoms with van der Waals surface area (Å²) in [7, 11) is 0. The molecule has 0 spiro atoms. The van der Waals surface area contributed by atoms with Gasteiger partial charge in [-0.15, -0.1) is 5.73 Å². The molecule has 2 N–H and O–H groups in total. The summed E-state index contributed by atoms with van der Waals surface area (Å²) in [5.41, 5.74) is 4.10. The van der Waals surface area contributed by atoms with Crippen molar-refractivity contribution in [3.8, 4) is 0 Å². The first-order valence-electron chi connectivity index (χ1n) is 5.07. The predicted molar refractivity (Wildman–Crippen MR) is 61.8 cm³/mol. The SMILES string of the molecule is C=C=C(COCc1ccccc1)[C@H](O)CO. The molecule has 0 aliphatic rings. The Bertz CT molecular complexity index is 353. The summed E-state index contributed by atoms with van der Waals surface area (Å²) in [6, 6.07) is 9.73. The quantitative estimate of drug-likeness (QED) is 0.710. The second-order valence-electron chi connectivity index (χ2n) is 3.38. The molecule has 1 atom stereocenters. The Labute approximate surface area is 95.3 Å². The highest BCUT2D eigenvalue weighted by atomic mass is 16.5. The van der Waals surface area contributed by atoms with Crippen LogP contribution in [0.15, 0.2) is 48.2 Å². The first kappa shape index (κ1) is 12.7. The first-order chi connectivity index (χ1) is 7.77. The largest absolute Gasteiger partial charge is 0.393 e. The van der Waals surface area contributed by atoms with Gasteiger partial charge in [0.25, 0.3) is 0 Å². The van der Waals surface area contributed by atoms with E-state index in [4.69, 9.17) is 9.84 Å². The number of aliphatic hydroxyl groups excluding tert-OH is 2. The zero-order chi connectivity index (χ0) is 11.8. The second-order valence-corrected chi connectivity index (χ2v) is 3.38. The maximum absolute atomic E-state index is 9.35. The molecule has 1 aromatic rings. The highest BCUT2D eigenvalue weighted by Crippen LogP contribution is 2.05. The highest BCUT2D eigenvalue weighted by Gasteiger charge is 2.08. The van der Waals surface area contributed by atoms with Gasteiger partial charge in [-0.25, -0.2) is 0 Å². The van der Waals surface area contributed by atoms with Crippen LogP contribution in [0.5, 0.6) is 0 Å². The number of benzene rings is 1. The van der Waals surface area contributed by atoms with E-state index in [-0.39, 0.29) is 13.2 Å². The normalized spacial score (nSPS) is 11.9. The van der Waals surface area contributed by atoms with Crippen LogP contribution in [0.25, 0.3) is 0 Å². The van der Waals surface area contributed by atoms with Crippen LogP contribution in [0.4, 0.5) is 0 Å². The Kier molecular flexibility index (Phi) is 5.54. The molecule has 0 radical (unpaired) electrons. The average Bonchev–Trinajstić information content (AvgIpc) is 2.35. The fourth-order valence-corrected chi connectivity index (χ4v) is 1.23. The molecule has 3 nitrogen and oxygen atoms in total. The van der Waals surface area contributed by atoms with E-state index in [0.717, 1.165) is 5.56 Å². The molecule has 0 fully saturated rings. The van der Waals surface area contributed by atoms with Gasteiger partial charge in [0, 0.05) is 5.57 Å². The van der Waals surface area contributed by atoms with Gasteiger partial charge in [-0.2, -0.15) is 0 Å². The molecule has 0 heterocycles. The summed E-state index contributed by atoms with van der Waals surface area (Å²) in [4.78, 5) is 0. The molecule has 0 saturated heterocycles. The zero-order valence-corrected chi connectivity index (χ0v) is 9.10. The van der Waals surface area contributed by atoms with Crippen LogP contribution < -0.4 is 0 Å². The van der Waals surface area contributed by atoms with Gasteiger partial charge < -0.3 is 14.9 Å². The Morgan fingerprint density at radius 3 is 2.62 bits per heavy atom. The van der Waals surface area contributed by atoms with Crippen molar-refractivity contribution in [2.24, 2.45) is 0 Å². The Morgan fingerprint density at radius 1 is 1.38 bits per heavy atom. The van der Waals surface area contributed by atoms with Crippen LogP contribution in [0.3, 0.4) is 0 Å². The van der Waals surface area contributed by atoms with Crippen LogP contribution in [0.1, 0.15) is 5.56 Å². The maximum Gasteiger partial charge on any atom is 0.108 e. The molecule has 1 aromatic carbocycles. The van der Waals surface area contributed by atoms with Gasteiger partial charge in [0.15, 0.2) is 0 Å². The van der Waals surface area contributed by atoms with Crippen LogP contribution in [0.2, 0.25) is 0 Å². The summed E-state index contributed by atoms with van der Waals surface area (Å²) < 4.78 is 5.39. The Morgan fingerprint density at radius 2 is 2.06 bits per heavy atom. The van der Waals surface area contributed by atoms with E-state index >= 15 is 0 Å². The van der Waals surface area contributed by atoms with Crippen molar-refractivity contribution < 1.29 is 14.9 Å². The third kappa shape index (κ3) is 4.01. The molecule has 0 aromatic heterocycles. The fraction of sp³-hybridized carbons (Fsp3) is 0.308. The van der Waals surface area contributed by atoms with Crippen molar-refractivity contribution in [2.75, 3.05) is 13.2 Å². The van der Waals surface area contributed by atoms with Crippen molar-refractivity contribution in [1.29, 1.82) is 0 Å². The summed E-state index contributed by atoms with van der Waals surface area (Å²) in [5, 5.41) is 18.1. The van der Waals surface area contributed by atoms with E-state index in [1.54, 1.807) is 0 Å². The molecule has 0 saturated carbocycles. The van der Waals surface area contributed by atoms with Gasteiger partial charge in [0.05, 0.1) is 19.8 Å². The topological polar surface area (TPSA) is 49.7 Å². The Hall–Kier alpha value is -1.38. The average molecular weight is 220 g/mol. The lowest BCUT2D eigenvalue weighted by Crippen LogP contribution is -2.18. The molecule has 86 valence electrons. The molecule has 0 aliphatic heterocycles. The highest BCUT2D eigenvalue weighted by molar-refractivity contribution is 5.13. The van der Waals surface area contributed by atoms with Crippen molar-refractivity contribution in [2.45, 2.75) is 12.7 Å². The molecule has 0 aliphatic carbocycles. The molecule has 1 rings (SSSR count). The van der Waals surface area contributed by atoms with Gasteiger partial charge in [0.1, 0.15) is 6.10 Å². The van der Waals surface area contributed by atoms with Gasteiger partial charge in [0.2, 0.25) is 0 Å². The lowest BCUT2D eigenvalue weighted by molar-refractivity contribution is 0.0866. The fourth-order valence-electron chi connectivity index (χ4n) is 1.23. The lowest BCUT2D eigenvalue weighted by Gasteiger charge is -2.10. The number of hydrogen-bond donors (Lipinski definition) is 2. The van der Waals surface area contributed by atoms with Crippen molar-refractivity contribution >= 4 is 0 Å². The zero-order valence-electron chi connectivity index (χ0n) is 9.10. The van der Waals surface area contributed by atoms with E-state index < -0.39 is 6.10 Å². The molecular weight excluding hydrogens is 204 g/mol. The summed E-state index contributed by atoms with van der Waals surface area (Å²) >= 11 is 0. The number of rotatable bonds is 6. The first-order valence-corrected chi connectivity index (χ1v) is 5.07. The standard InChI is InChI=1S/C13H16O3/c1-2-12(13(15)8-14)10-16-9-11-6-4-3-5-7-11/h3-7,13-15H,1,8-10H2/t13-/m1/s1. The van der Waals surface area contributed by atoms with E-state index in [2.05, 4.69) is 12.3 Å². The summed E-state index contributed by atoms with van der Waals surface area (Å²) in [6.45, 7) is 3.79. The minimum absolute atomic E-state index is 0.222. The van der Waals surface area contributed by atoms with Gasteiger partial charge >= 0.3 is 0 Å². The molecule has 3 heteroatoms. The molecule has 0 bridgehead atoms. The third-order valence-corrected chi connectivity index (χ3v) is 2.17. The minimum Gasteiger partial charge on any atom is -0.393 e. The maximum atomic E-state index is 9.35. The Balaban J connectivity index is 2.38. The molecule has 0 unspecified atom stereocenters. The number of ether oxygens (including phenoxy) is 1. The number of aliphatic hydroxyl groups is 2. The van der Waals surface area contributed by atoms with Gasteiger partial charge in [-0.3, -0.25) is 0 Å². The molecule has 16 heavy (non-hydrogen) atoms. The van der Waals surface area contributed by atoms with Crippen LogP contribution >= 0.6 is 0 Å². The van der Waals surface area contributed by atoms with E-state index in [1.165, 1.54) is 0 Å². The van der Waals surface area contributed by atoms with Gasteiger partial charge in [-0.1, -0.05) is 36.9 Å². The smallest absolute Gasteiger partial charge is 0.108 e. The summed E-state index contributed by atoms with van der Waals surface area (Å²) in [5.74, 6) is 0. The van der Waals surface area contributed by atoms with Crippen LogP contribution in [0, 0.1) is 0 Å². The summed E-state index contributed by atoms with van der Waals surface area (Å²) in [6.07, 6.45) is -0.937. The minimum atomic E-state index is -0.937. The lowest BCUT2D eigenvalue weighted by atomic mass is 10.2. The number of hydrogen-bond acceptors (Lipinski definition) is 3. The van der Waals surface area contributed by atoms with Crippen LogP contribution in [-0.4, -0.2) is 29.5 Å². The third-order valence-electron chi connectivity index (χ3n) is 2.17. The van der Waals surface area contributed by atoms with Crippen LogP contribution in [-0.2, 0) is 11.3 Å². The van der Waals surface area contributed by atoms with Crippen molar-refractivity contribution in [3.05, 3.63) is 53.8 Å². The van der Waals surface area contributed by atoms with Crippen molar-refractivity contribution in [3.63, 3.8) is 0 Å². The predicted octanol–water partition coefficient (Wildman–Crippen LogP) is 1.27.